The number of fused-ring (bicyclic) bond motifs is 1. The Hall–Kier alpha value is -1.51. The van der Waals surface area contributed by atoms with Crippen LogP contribution in [0.4, 0.5) is 5.95 Å². The first-order chi connectivity index (χ1) is 9.19. The van der Waals surface area contributed by atoms with Crippen LogP contribution in [0.25, 0.3) is 11.0 Å². The van der Waals surface area contributed by atoms with Gasteiger partial charge in [0.2, 0.25) is 5.95 Å². The van der Waals surface area contributed by atoms with Crippen molar-refractivity contribution in [2.45, 2.75) is 52.0 Å². The minimum Gasteiger partial charge on any atom is -0.369 e. The van der Waals surface area contributed by atoms with E-state index in [1.807, 2.05) is 0 Å². The van der Waals surface area contributed by atoms with Crippen molar-refractivity contribution in [2.24, 2.45) is 5.92 Å². The zero-order chi connectivity index (χ0) is 13.4. The van der Waals surface area contributed by atoms with Crippen LogP contribution < -0.4 is 5.73 Å². The molecule has 102 valence electrons. The van der Waals surface area contributed by atoms with Crippen molar-refractivity contribution in [3.63, 3.8) is 0 Å². The highest BCUT2D eigenvalue weighted by molar-refractivity contribution is 5.79. The van der Waals surface area contributed by atoms with Crippen LogP contribution in [0.1, 0.15) is 50.6 Å². The quantitative estimate of drug-likeness (QED) is 0.881. The molecule has 2 atom stereocenters. The second kappa shape index (κ2) is 4.87. The molecule has 0 aliphatic heterocycles. The van der Waals surface area contributed by atoms with E-state index in [0.29, 0.717) is 12.0 Å². The van der Waals surface area contributed by atoms with Gasteiger partial charge in [0.1, 0.15) is 0 Å². The summed E-state index contributed by atoms with van der Waals surface area (Å²) in [5.74, 6) is 1.53. The molecule has 1 aromatic heterocycles. The Morgan fingerprint density at radius 2 is 2.21 bits per heavy atom. The first kappa shape index (κ1) is 12.5. The first-order valence-electron chi connectivity index (χ1n) is 7.43. The maximum Gasteiger partial charge on any atom is 0.201 e. The second-order valence-electron chi connectivity index (χ2n) is 5.93. The number of nitrogens with zero attached hydrogens (tertiary/aromatic N) is 2. The fraction of sp³-hybridized carbons (Fsp3) is 0.562. The third-order valence-electron chi connectivity index (χ3n) is 4.57. The highest BCUT2D eigenvalue weighted by Gasteiger charge is 2.24. The molecule has 19 heavy (non-hydrogen) atoms. The third-order valence-corrected chi connectivity index (χ3v) is 4.57. The summed E-state index contributed by atoms with van der Waals surface area (Å²) in [4.78, 5) is 4.54. The molecular formula is C16H23N3. The van der Waals surface area contributed by atoms with Crippen LogP contribution in [0, 0.1) is 12.8 Å². The molecule has 2 unspecified atom stereocenters. The lowest BCUT2D eigenvalue weighted by Crippen LogP contribution is -2.20. The van der Waals surface area contributed by atoms with Gasteiger partial charge >= 0.3 is 0 Å². The van der Waals surface area contributed by atoms with Crippen molar-refractivity contribution in [1.82, 2.24) is 9.55 Å². The fourth-order valence-corrected chi connectivity index (χ4v) is 3.48. The highest BCUT2D eigenvalue weighted by Crippen LogP contribution is 2.37. The van der Waals surface area contributed by atoms with E-state index in [0.717, 1.165) is 11.4 Å². The van der Waals surface area contributed by atoms with Crippen LogP contribution in [0.2, 0.25) is 0 Å². The van der Waals surface area contributed by atoms with E-state index in [1.54, 1.807) is 0 Å². The molecule has 1 fully saturated rings. The average molecular weight is 257 g/mol. The van der Waals surface area contributed by atoms with E-state index in [4.69, 9.17) is 5.73 Å². The number of benzene rings is 1. The molecular weight excluding hydrogens is 234 g/mol. The Bertz CT molecular complexity index is 585. The van der Waals surface area contributed by atoms with Gasteiger partial charge in [0.15, 0.2) is 0 Å². The average Bonchev–Trinajstić information content (AvgIpc) is 2.73. The van der Waals surface area contributed by atoms with Gasteiger partial charge in [-0.25, -0.2) is 4.98 Å². The second-order valence-corrected chi connectivity index (χ2v) is 5.93. The molecule has 1 saturated carbocycles. The van der Waals surface area contributed by atoms with Gasteiger partial charge in [0.05, 0.1) is 11.0 Å². The zero-order valence-corrected chi connectivity index (χ0v) is 11.9. The van der Waals surface area contributed by atoms with Gasteiger partial charge in [-0.2, -0.15) is 0 Å². The number of hydrogen-bond acceptors (Lipinski definition) is 2. The molecule has 1 aliphatic rings. The summed E-state index contributed by atoms with van der Waals surface area (Å²) < 4.78 is 2.27. The van der Waals surface area contributed by atoms with Crippen LogP contribution in [0.5, 0.6) is 0 Å². The Morgan fingerprint density at radius 1 is 1.37 bits per heavy atom. The molecule has 2 N–H and O–H groups in total. The Kier molecular flexibility index (Phi) is 3.21. The molecule has 0 bridgehead atoms. The lowest BCUT2D eigenvalue weighted by molar-refractivity contribution is 0.267. The van der Waals surface area contributed by atoms with Gasteiger partial charge in [-0.1, -0.05) is 32.3 Å². The number of hydrogen-bond donors (Lipinski definition) is 1. The Balaban J connectivity index is 2.02. The summed E-state index contributed by atoms with van der Waals surface area (Å²) in [5, 5.41) is 0. The minimum atomic E-state index is 0.534. The van der Waals surface area contributed by atoms with Crippen LogP contribution in [0.3, 0.4) is 0 Å². The normalized spacial score (nSPS) is 23.9. The monoisotopic (exact) mass is 257 g/mol. The molecule has 0 radical (unpaired) electrons. The van der Waals surface area contributed by atoms with Gasteiger partial charge < -0.3 is 10.3 Å². The van der Waals surface area contributed by atoms with Crippen molar-refractivity contribution < 1.29 is 0 Å². The van der Waals surface area contributed by atoms with E-state index in [-0.39, 0.29) is 0 Å². The SMILES string of the molecule is CCC1CCCC(n2c(N)nc3cc(C)ccc32)C1. The molecule has 1 aromatic carbocycles. The molecule has 2 aromatic rings. The van der Waals surface area contributed by atoms with Crippen LogP contribution in [-0.2, 0) is 0 Å². The van der Waals surface area contributed by atoms with E-state index in [9.17, 15) is 0 Å². The minimum absolute atomic E-state index is 0.534. The maximum absolute atomic E-state index is 6.17. The molecule has 0 spiro atoms. The van der Waals surface area contributed by atoms with Crippen LogP contribution >= 0.6 is 0 Å². The molecule has 1 aliphatic carbocycles. The van der Waals surface area contributed by atoms with E-state index in [1.165, 1.54) is 43.2 Å². The number of nitrogens with two attached hydrogens (primary N) is 1. The largest absolute Gasteiger partial charge is 0.369 e. The Morgan fingerprint density at radius 3 is 3.00 bits per heavy atom. The zero-order valence-electron chi connectivity index (χ0n) is 11.9. The molecule has 1 heterocycles. The Labute approximate surface area is 114 Å². The van der Waals surface area contributed by atoms with Gasteiger partial charge in [-0.3, -0.25) is 0 Å². The summed E-state index contributed by atoms with van der Waals surface area (Å²) in [6, 6.07) is 6.98. The molecule has 0 saturated heterocycles. The van der Waals surface area contributed by atoms with Crippen molar-refractivity contribution in [3.05, 3.63) is 23.8 Å². The summed E-state index contributed by atoms with van der Waals surface area (Å²) in [7, 11) is 0. The molecule has 3 nitrogen and oxygen atoms in total. The topological polar surface area (TPSA) is 43.8 Å². The number of nitrogen functional groups attached to an aromatic ring is 1. The van der Waals surface area contributed by atoms with Gasteiger partial charge in [0.25, 0.3) is 0 Å². The highest BCUT2D eigenvalue weighted by atomic mass is 15.2. The van der Waals surface area contributed by atoms with E-state index < -0.39 is 0 Å². The number of anilines is 1. The number of imidazole rings is 1. The van der Waals surface area contributed by atoms with Crippen molar-refractivity contribution in [2.75, 3.05) is 5.73 Å². The standard InChI is InChI=1S/C16H23N3/c1-3-12-5-4-6-13(10-12)19-15-8-7-11(2)9-14(15)18-16(19)17/h7-9,12-13H,3-6,10H2,1-2H3,(H2,17,18). The maximum atomic E-state index is 6.17. The van der Waals surface area contributed by atoms with Crippen LogP contribution in [0.15, 0.2) is 18.2 Å². The van der Waals surface area contributed by atoms with Crippen LogP contribution in [-0.4, -0.2) is 9.55 Å². The predicted molar refractivity (Wildman–Crippen MR) is 80.2 cm³/mol. The number of aromatic nitrogens is 2. The van der Waals surface area contributed by atoms with Crippen molar-refractivity contribution >= 4 is 17.0 Å². The predicted octanol–water partition coefficient (Wildman–Crippen LogP) is 4.07. The summed E-state index contributed by atoms with van der Waals surface area (Å²) in [6.45, 7) is 4.40. The van der Waals surface area contributed by atoms with Crippen molar-refractivity contribution in [3.8, 4) is 0 Å². The van der Waals surface area contributed by atoms with Gasteiger partial charge in [-0.15, -0.1) is 0 Å². The van der Waals surface area contributed by atoms with E-state index in [2.05, 4.69) is 41.6 Å². The number of aryl methyl sites for hydroxylation is 1. The summed E-state index contributed by atoms with van der Waals surface area (Å²) in [5.41, 5.74) is 9.65. The fourth-order valence-electron chi connectivity index (χ4n) is 3.48. The summed E-state index contributed by atoms with van der Waals surface area (Å²) >= 11 is 0. The third kappa shape index (κ3) is 2.22. The number of rotatable bonds is 2. The smallest absolute Gasteiger partial charge is 0.201 e. The molecule has 0 amide bonds. The van der Waals surface area contributed by atoms with E-state index >= 15 is 0 Å². The lowest BCUT2D eigenvalue weighted by Gasteiger charge is -2.30. The van der Waals surface area contributed by atoms with Crippen molar-refractivity contribution in [1.29, 1.82) is 0 Å². The summed E-state index contributed by atoms with van der Waals surface area (Å²) in [6.07, 6.45) is 6.45. The molecule has 3 rings (SSSR count). The molecule has 3 heteroatoms. The first-order valence-corrected chi connectivity index (χ1v) is 7.43. The lowest BCUT2D eigenvalue weighted by atomic mass is 9.84. The van der Waals surface area contributed by atoms with Gasteiger partial charge in [-0.05, 0) is 43.4 Å². The van der Waals surface area contributed by atoms with Gasteiger partial charge in [0, 0.05) is 6.04 Å².